The van der Waals surface area contributed by atoms with Crippen LogP contribution in [0.5, 0.6) is 0 Å². The third-order valence-corrected chi connectivity index (χ3v) is 4.01. The highest BCUT2D eigenvalue weighted by molar-refractivity contribution is 5.37. The van der Waals surface area contributed by atoms with Crippen LogP contribution in [0.4, 0.5) is 0 Å². The summed E-state index contributed by atoms with van der Waals surface area (Å²) in [5.41, 5.74) is 4.60. The highest BCUT2D eigenvalue weighted by Gasteiger charge is 2.14. The van der Waals surface area contributed by atoms with E-state index in [0.29, 0.717) is 0 Å². The molecule has 3 nitrogen and oxygen atoms in total. The largest absolute Gasteiger partial charge is 0.379 e. The van der Waals surface area contributed by atoms with Crippen LogP contribution in [0.25, 0.3) is 0 Å². The predicted octanol–water partition coefficient (Wildman–Crippen LogP) is 1.55. The molecule has 0 saturated carbocycles. The average molecular weight is 246 g/mol. The first-order valence-corrected chi connectivity index (χ1v) is 7.04. The molecule has 3 heteroatoms. The minimum atomic E-state index is 0.907. The topological polar surface area (TPSA) is 24.5 Å². The van der Waals surface area contributed by atoms with Gasteiger partial charge in [-0.2, -0.15) is 0 Å². The fourth-order valence-electron chi connectivity index (χ4n) is 2.95. The van der Waals surface area contributed by atoms with Crippen molar-refractivity contribution >= 4 is 0 Å². The second-order valence-electron chi connectivity index (χ2n) is 5.22. The highest BCUT2D eigenvalue weighted by Crippen LogP contribution is 2.21. The lowest BCUT2D eigenvalue weighted by Gasteiger charge is -2.26. The molecule has 3 rings (SSSR count). The first-order valence-electron chi connectivity index (χ1n) is 7.04. The molecule has 0 unspecified atom stereocenters. The van der Waals surface area contributed by atoms with Crippen LogP contribution in [0.1, 0.15) is 23.1 Å². The Morgan fingerprint density at radius 2 is 2.06 bits per heavy atom. The molecule has 1 aromatic rings. The summed E-state index contributed by atoms with van der Waals surface area (Å²) in [6.07, 6.45) is 2.47. The maximum atomic E-state index is 5.37. The van der Waals surface area contributed by atoms with Gasteiger partial charge in [-0.3, -0.25) is 4.90 Å². The SMILES string of the molecule is c1cc(CCCN2CCOCC2)c2c(c1)CNC2. The second kappa shape index (κ2) is 5.83. The van der Waals surface area contributed by atoms with Crippen LogP contribution >= 0.6 is 0 Å². The summed E-state index contributed by atoms with van der Waals surface area (Å²) in [6.45, 7) is 7.34. The van der Waals surface area contributed by atoms with E-state index in [1.165, 1.54) is 24.9 Å². The fourth-order valence-corrected chi connectivity index (χ4v) is 2.95. The summed E-state index contributed by atoms with van der Waals surface area (Å²) in [5.74, 6) is 0. The molecule has 98 valence electrons. The third-order valence-electron chi connectivity index (χ3n) is 4.01. The van der Waals surface area contributed by atoms with Gasteiger partial charge in [0.15, 0.2) is 0 Å². The van der Waals surface area contributed by atoms with Crippen LogP contribution in [0.15, 0.2) is 18.2 Å². The van der Waals surface area contributed by atoms with Gasteiger partial charge in [0.05, 0.1) is 13.2 Å². The number of nitrogens with zero attached hydrogens (tertiary/aromatic N) is 1. The van der Waals surface area contributed by atoms with Gasteiger partial charge in [0, 0.05) is 26.2 Å². The Kier molecular flexibility index (Phi) is 3.93. The first-order chi connectivity index (χ1) is 8.93. The average Bonchev–Trinajstić information content (AvgIpc) is 2.89. The third kappa shape index (κ3) is 2.74. The van der Waals surface area contributed by atoms with Crippen molar-refractivity contribution in [3.8, 4) is 0 Å². The van der Waals surface area contributed by atoms with E-state index >= 15 is 0 Å². The van der Waals surface area contributed by atoms with Crippen LogP contribution in [0, 0.1) is 0 Å². The van der Waals surface area contributed by atoms with Crippen LogP contribution < -0.4 is 5.32 Å². The second-order valence-corrected chi connectivity index (χ2v) is 5.22. The van der Waals surface area contributed by atoms with E-state index in [0.717, 1.165) is 39.4 Å². The minimum absolute atomic E-state index is 0.907. The minimum Gasteiger partial charge on any atom is -0.379 e. The van der Waals surface area contributed by atoms with Crippen molar-refractivity contribution in [1.82, 2.24) is 10.2 Å². The zero-order valence-corrected chi connectivity index (χ0v) is 11.0. The molecule has 18 heavy (non-hydrogen) atoms. The molecule has 1 aromatic carbocycles. The van der Waals surface area contributed by atoms with Gasteiger partial charge in [-0.05, 0) is 36.1 Å². The summed E-state index contributed by atoms with van der Waals surface area (Å²) in [4.78, 5) is 2.52. The molecular formula is C15H22N2O. The van der Waals surface area contributed by atoms with Gasteiger partial charge in [0.1, 0.15) is 0 Å². The van der Waals surface area contributed by atoms with Crippen molar-refractivity contribution in [1.29, 1.82) is 0 Å². The van der Waals surface area contributed by atoms with Crippen LogP contribution in [0.2, 0.25) is 0 Å². The highest BCUT2D eigenvalue weighted by atomic mass is 16.5. The lowest BCUT2D eigenvalue weighted by molar-refractivity contribution is 0.0374. The molecule has 0 radical (unpaired) electrons. The number of nitrogens with one attached hydrogen (secondary N) is 1. The number of fused-ring (bicyclic) bond motifs is 1. The predicted molar refractivity (Wildman–Crippen MR) is 72.6 cm³/mol. The molecule has 0 bridgehead atoms. The molecule has 2 aliphatic heterocycles. The maximum absolute atomic E-state index is 5.37. The van der Waals surface area contributed by atoms with Crippen molar-refractivity contribution < 1.29 is 4.74 Å². The molecule has 1 saturated heterocycles. The number of ether oxygens (including phenoxy) is 1. The number of benzene rings is 1. The van der Waals surface area contributed by atoms with Gasteiger partial charge >= 0.3 is 0 Å². The Morgan fingerprint density at radius 3 is 2.94 bits per heavy atom. The number of rotatable bonds is 4. The van der Waals surface area contributed by atoms with Gasteiger partial charge in [-0.1, -0.05) is 18.2 Å². The molecule has 0 aliphatic carbocycles. The molecule has 2 heterocycles. The molecule has 0 aromatic heterocycles. The smallest absolute Gasteiger partial charge is 0.0594 e. The molecule has 0 spiro atoms. The van der Waals surface area contributed by atoms with Crippen molar-refractivity contribution in [2.24, 2.45) is 0 Å². The normalized spacial score (nSPS) is 20.0. The summed E-state index contributed by atoms with van der Waals surface area (Å²) in [5, 5.41) is 3.44. The zero-order valence-electron chi connectivity index (χ0n) is 11.0. The Labute approximate surface area is 109 Å². The Bertz CT molecular complexity index is 399. The molecule has 0 atom stereocenters. The maximum Gasteiger partial charge on any atom is 0.0594 e. The molecule has 1 fully saturated rings. The van der Waals surface area contributed by atoms with Gasteiger partial charge in [0.2, 0.25) is 0 Å². The van der Waals surface area contributed by atoms with E-state index in [2.05, 4.69) is 28.4 Å². The number of hydrogen-bond donors (Lipinski definition) is 1. The lowest BCUT2D eigenvalue weighted by atomic mass is 9.99. The van der Waals surface area contributed by atoms with Gasteiger partial charge in [-0.25, -0.2) is 0 Å². The Morgan fingerprint density at radius 1 is 1.17 bits per heavy atom. The monoisotopic (exact) mass is 246 g/mol. The summed E-state index contributed by atoms with van der Waals surface area (Å²) in [7, 11) is 0. The van der Waals surface area contributed by atoms with Crippen molar-refractivity contribution in [3.05, 3.63) is 34.9 Å². The quantitative estimate of drug-likeness (QED) is 0.872. The van der Waals surface area contributed by atoms with Crippen molar-refractivity contribution in [2.75, 3.05) is 32.8 Å². The van der Waals surface area contributed by atoms with E-state index in [1.807, 2.05) is 0 Å². The van der Waals surface area contributed by atoms with Crippen molar-refractivity contribution in [3.63, 3.8) is 0 Å². The van der Waals surface area contributed by atoms with Crippen molar-refractivity contribution in [2.45, 2.75) is 25.9 Å². The van der Waals surface area contributed by atoms with E-state index < -0.39 is 0 Å². The first kappa shape index (κ1) is 12.2. The number of hydrogen-bond acceptors (Lipinski definition) is 3. The van der Waals surface area contributed by atoms with Crippen LogP contribution in [0.3, 0.4) is 0 Å². The van der Waals surface area contributed by atoms with E-state index in [4.69, 9.17) is 4.74 Å². The van der Waals surface area contributed by atoms with Gasteiger partial charge in [0.25, 0.3) is 0 Å². The van der Waals surface area contributed by atoms with Gasteiger partial charge in [-0.15, -0.1) is 0 Å². The molecule has 2 aliphatic rings. The molecule has 1 N–H and O–H groups in total. The van der Waals surface area contributed by atoms with Crippen LogP contribution in [-0.4, -0.2) is 37.7 Å². The zero-order chi connectivity index (χ0) is 12.2. The fraction of sp³-hybridized carbons (Fsp3) is 0.600. The standard InChI is InChI=1S/C15H22N2O/c1-3-13(15-12-16-11-14(15)4-1)5-2-6-17-7-9-18-10-8-17/h1,3-4,16H,2,5-12H2. The van der Waals surface area contributed by atoms with Crippen LogP contribution in [-0.2, 0) is 24.2 Å². The summed E-state index contributed by atoms with van der Waals surface area (Å²) < 4.78 is 5.37. The van der Waals surface area contributed by atoms with E-state index in [1.54, 1.807) is 11.1 Å². The number of aryl methyl sites for hydroxylation is 1. The van der Waals surface area contributed by atoms with Gasteiger partial charge < -0.3 is 10.1 Å². The Balaban J connectivity index is 1.52. The Hall–Kier alpha value is -0.900. The van der Waals surface area contributed by atoms with E-state index in [9.17, 15) is 0 Å². The van der Waals surface area contributed by atoms with E-state index in [-0.39, 0.29) is 0 Å². The summed E-state index contributed by atoms with van der Waals surface area (Å²) in [6, 6.07) is 6.75. The lowest BCUT2D eigenvalue weighted by Crippen LogP contribution is -2.36. The number of morpholine rings is 1. The summed E-state index contributed by atoms with van der Waals surface area (Å²) >= 11 is 0. The molecule has 0 amide bonds. The molecular weight excluding hydrogens is 224 g/mol.